The number of sulfonamides is 1. The molecular weight excluding hydrogens is 404 g/mol. The van der Waals surface area contributed by atoms with Gasteiger partial charge in [-0.2, -0.15) is 0 Å². The number of aryl methyl sites for hydroxylation is 1. The summed E-state index contributed by atoms with van der Waals surface area (Å²) in [6, 6.07) is 10.5. The number of carbonyl (C=O) groups excluding carboxylic acids is 1. The molecule has 0 aliphatic carbocycles. The first-order valence-electron chi connectivity index (χ1n) is 8.04. The Kier molecular flexibility index (Phi) is 4.88. The standard InChI is InChI=1S/C18H19BrN2O3S/c1-3-18(22)21-9-8-13-10-15(19)17(11-16(13)21)25(23,24)20-14-6-4-12(2)5-7-14/h4-7,10-11,20H,3,8-9H2,1-2H3. The van der Waals surface area contributed by atoms with Gasteiger partial charge in [-0.05, 0) is 59.1 Å². The van der Waals surface area contributed by atoms with E-state index in [9.17, 15) is 13.2 Å². The summed E-state index contributed by atoms with van der Waals surface area (Å²) >= 11 is 3.36. The van der Waals surface area contributed by atoms with Crippen molar-refractivity contribution in [1.29, 1.82) is 0 Å². The number of hydrogen-bond acceptors (Lipinski definition) is 3. The maximum atomic E-state index is 12.8. The van der Waals surface area contributed by atoms with Crippen molar-refractivity contribution < 1.29 is 13.2 Å². The predicted molar refractivity (Wildman–Crippen MR) is 102 cm³/mol. The normalized spacial score (nSPS) is 13.6. The molecule has 0 atom stereocenters. The predicted octanol–water partition coefficient (Wildman–Crippen LogP) is 3.86. The van der Waals surface area contributed by atoms with Gasteiger partial charge in [0.25, 0.3) is 10.0 Å². The molecule has 2 aromatic rings. The Hall–Kier alpha value is -1.86. The number of amides is 1. The highest BCUT2D eigenvalue weighted by Crippen LogP contribution is 2.36. The largest absolute Gasteiger partial charge is 0.312 e. The van der Waals surface area contributed by atoms with Gasteiger partial charge in [0.15, 0.2) is 0 Å². The van der Waals surface area contributed by atoms with Crippen molar-refractivity contribution in [2.75, 3.05) is 16.2 Å². The van der Waals surface area contributed by atoms with Crippen molar-refractivity contribution in [2.45, 2.75) is 31.6 Å². The summed E-state index contributed by atoms with van der Waals surface area (Å²) in [5, 5.41) is 0. The number of hydrogen-bond donors (Lipinski definition) is 1. The Morgan fingerprint density at radius 3 is 2.56 bits per heavy atom. The summed E-state index contributed by atoms with van der Waals surface area (Å²) in [6.07, 6.45) is 1.12. The summed E-state index contributed by atoms with van der Waals surface area (Å²) in [6.45, 7) is 4.33. The van der Waals surface area contributed by atoms with Crippen LogP contribution in [0.25, 0.3) is 0 Å². The zero-order chi connectivity index (χ0) is 18.2. The molecule has 0 spiro atoms. The Morgan fingerprint density at radius 1 is 1.24 bits per heavy atom. The fourth-order valence-electron chi connectivity index (χ4n) is 2.88. The minimum absolute atomic E-state index is 0.00378. The highest BCUT2D eigenvalue weighted by atomic mass is 79.9. The van der Waals surface area contributed by atoms with Gasteiger partial charge in [-0.1, -0.05) is 24.6 Å². The molecule has 0 saturated heterocycles. The van der Waals surface area contributed by atoms with Crippen LogP contribution in [0.5, 0.6) is 0 Å². The van der Waals surface area contributed by atoms with E-state index in [1.165, 1.54) is 0 Å². The number of rotatable bonds is 4. The minimum atomic E-state index is -3.77. The van der Waals surface area contributed by atoms with Crippen LogP contribution in [-0.4, -0.2) is 20.9 Å². The third kappa shape index (κ3) is 3.57. The molecule has 7 heteroatoms. The molecule has 5 nitrogen and oxygen atoms in total. The molecule has 1 aliphatic rings. The second kappa shape index (κ2) is 6.80. The van der Waals surface area contributed by atoms with E-state index < -0.39 is 10.0 Å². The van der Waals surface area contributed by atoms with Crippen molar-refractivity contribution >= 4 is 43.2 Å². The van der Waals surface area contributed by atoms with E-state index in [2.05, 4.69) is 20.7 Å². The molecular formula is C18H19BrN2O3S. The maximum absolute atomic E-state index is 12.8. The third-order valence-electron chi connectivity index (χ3n) is 4.23. The van der Waals surface area contributed by atoms with Crippen LogP contribution in [0.2, 0.25) is 0 Å². The van der Waals surface area contributed by atoms with E-state index in [1.807, 2.05) is 19.1 Å². The second-order valence-corrected chi connectivity index (χ2v) is 8.54. The molecule has 0 fully saturated rings. The topological polar surface area (TPSA) is 66.5 Å². The lowest BCUT2D eigenvalue weighted by Gasteiger charge is -2.18. The molecule has 0 unspecified atom stereocenters. The Bertz CT molecular complexity index is 924. The van der Waals surface area contributed by atoms with Crippen molar-refractivity contribution in [2.24, 2.45) is 0 Å². The molecule has 1 heterocycles. The van der Waals surface area contributed by atoms with Crippen LogP contribution in [0, 0.1) is 6.92 Å². The first-order valence-corrected chi connectivity index (χ1v) is 10.3. The van der Waals surface area contributed by atoms with E-state index >= 15 is 0 Å². The van der Waals surface area contributed by atoms with Crippen LogP contribution in [0.1, 0.15) is 24.5 Å². The van der Waals surface area contributed by atoms with Gasteiger partial charge in [0.2, 0.25) is 5.91 Å². The zero-order valence-corrected chi connectivity index (χ0v) is 16.4. The monoisotopic (exact) mass is 422 g/mol. The van der Waals surface area contributed by atoms with E-state index in [-0.39, 0.29) is 10.8 Å². The smallest absolute Gasteiger partial charge is 0.263 e. The fourth-order valence-corrected chi connectivity index (χ4v) is 5.04. The third-order valence-corrected chi connectivity index (χ3v) is 6.57. The van der Waals surface area contributed by atoms with E-state index in [1.54, 1.807) is 36.1 Å². The van der Waals surface area contributed by atoms with Crippen molar-refractivity contribution in [1.82, 2.24) is 0 Å². The van der Waals surface area contributed by atoms with Gasteiger partial charge in [0.1, 0.15) is 4.90 Å². The van der Waals surface area contributed by atoms with Gasteiger partial charge < -0.3 is 4.90 Å². The summed E-state index contributed by atoms with van der Waals surface area (Å²) < 4.78 is 28.7. The molecule has 2 aromatic carbocycles. The number of halogens is 1. The molecule has 1 amide bonds. The number of nitrogens with one attached hydrogen (secondary N) is 1. The summed E-state index contributed by atoms with van der Waals surface area (Å²) in [4.78, 5) is 13.9. The van der Waals surface area contributed by atoms with E-state index in [0.717, 1.165) is 17.5 Å². The number of anilines is 2. The summed E-state index contributed by atoms with van der Waals surface area (Å²) in [5.74, 6) is -0.00378. The SMILES string of the molecule is CCC(=O)N1CCc2cc(Br)c(S(=O)(=O)Nc3ccc(C)cc3)cc21. The lowest BCUT2D eigenvalue weighted by molar-refractivity contribution is -0.118. The van der Waals surface area contributed by atoms with Crippen LogP contribution in [-0.2, 0) is 21.2 Å². The average molecular weight is 423 g/mol. The number of nitrogens with zero attached hydrogens (tertiary/aromatic N) is 1. The number of benzene rings is 2. The molecule has 0 aromatic heterocycles. The molecule has 25 heavy (non-hydrogen) atoms. The molecule has 0 bridgehead atoms. The van der Waals surface area contributed by atoms with Crippen LogP contribution >= 0.6 is 15.9 Å². The average Bonchev–Trinajstić information content (AvgIpc) is 2.98. The van der Waals surface area contributed by atoms with Crippen LogP contribution < -0.4 is 9.62 Å². The molecule has 132 valence electrons. The number of carbonyl (C=O) groups is 1. The van der Waals surface area contributed by atoms with Gasteiger partial charge in [-0.15, -0.1) is 0 Å². The maximum Gasteiger partial charge on any atom is 0.263 e. The zero-order valence-electron chi connectivity index (χ0n) is 14.0. The van der Waals surface area contributed by atoms with Crippen LogP contribution in [0.3, 0.4) is 0 Å². The van der Waals surface area contributed by atoms with Crippen LogP contribution in [0.4, 0.5) is 11.4 Å². The van der Waals surface area contributed by atoms with Gasteiger partial charge >= 0.3 is 0 Å². The van der Waals surface area contributed by atoms with Crippen molar-refractivity contribution in [3.05, 3.63) is 52.0 Å². The van der Waals surface area contributed by atoms with Gasteiger partial charge in [0, 0.05) is 28.8 Å². The molecule has 0 saturated carbocycles. The Balaban J connectivity index is 1.99. The van der Waals surface area contributed by atoms with Crippen molar-refractivity contribution in [3.8, 4) is 0 Å². The molecule has 3 rings (SSSR count). The Labute approximate surface area is 156 Å². The van der Waals surface area contributed by atoms with E-state index in [0.29, 0.717) is 28.8 Å². The highest BCUT2D eigenvalue weighted by Gasteiger charge is 2.28. The Morgan fingerprint density at radius 2 is 1.92 bits per heavy atom. The van der Waals surface area contributed by atoms with Gasteiger partial charge in [0.05, 0.1) is 0 Å². The fraction of sp³-hybridized carbons (Fsp3) is 0.278. The first kappa shape index (κ1) is 17.9. The second-order valence-electron chi connectivity index (χ2n) is 6.03. The summed E-state index contributed by atoms with van der Waals surface area (Å²) in [5.41, 5.74) is 3.21. The summed E-state index contributed by atoms with van der Waals surface area (Å²) in [7, 11) is -3.77. The first-order chi connectivity index (χ1) is 11.8. The molecule has 1 N–H and O–H groups in total. The van der Waals surface area contributed by atoms with Crippen LogP contribution in [0.15, 0.2) is 45.8 Å². The van der Waals surface area contributed by atoms with Crippen molar-refractivity contribution in [3.63, 3.8) is 0 Å². The van der Waals surface area contributed by atoms with Gasteiger partial charge in [-0.25, -0.2) is 8.42 Å². The number of fused-ring (bicyclic) bond motifs is 1. The lowest BCUT2D eigenvalue weighted by atomic mass is 10.2. The van der Waals surface area contributed by atoms with Gasteiger partial charge in [-0.3, -0.25) is 9.52 Å². The van der Waals surface area contributed by atoms with E-state index in [4.69, 9.17) is 0 Å². The molecule has 1 aliphatic heterocycles. The lowest BCUT2D eigenvalue weighted by Crippen LogP contribution is -2.28. The quantitative estimate of drug-likeness (QED) is 0.812. The highest BCUT2D eigenvalue weighted by molar-refractivity contribution is 9.10. The molecule has 0 radical (unpaired) electrons. The minimum Gasteiger partial charge on any atom is -0.312 e.